The van der Waals surface area contributed by atoms with Crippen molar-refractivity contribution in [3.63, 3.8) is 0 Å². The third-order valence-corrected chi connectivity index (χ3v) is 6.40. The molecule has 2 heteroatoms. The lowest BCUT2D eigenvalue weighted by molar-refractivity contribution is -0.697. The van der Waals surface area contributed by atoms with E-state index in [1.54, 1.807) is 0 Å². The largest absolute Gasteiger partial charge is 0.205 e. The summed E-state index contributed by atoms with van der Waals surface area (Å²) in [5.41, 5.74) is 4.02. The van der Waals surface area contributed by atoms with E-state index in [0.29, 0.717) is 0 Å². The van der Waals surface area contributed by atoms with Gasteiger partial charge in [-0.15, -0.1) is 0 Å². The van der Waals surface area contributed by atoms with E-state index in [9.17, 15) is 0 Å². The van der Waals surface area contributed by atoms with E-state index >= 15 is 0 Å². The van der Waals surface area contributed by atoms with Crippen molar-refractivity contribution in [3.05, 3.63) is 60.7 Å². The summed E-state index contributed by atoms with van der Waals surface area (Å²) in [6.45, 7) is 9.04. The lowest BCUT2D eigenvalue weighted by Crippen LogP contribution is -2.33. The number of benzene rings is 1. The highest BCUT2D eigenvalue weighted by Gasteiger charge is 2.10. The minimum atomic E-state index is 1.12. The number of rotatable bonds is 13. The van der Waals surface area contributed by atoms with Gasteiger partial charge in [-0.2, -0.15) is 0 Å². The molecular formula is C29H42N2+2. The monoisotopic (exact) mass is 418 g/mol. The molecule has 3 rings (SSSR count). The number of pyridine rings is 2. The lowest BCUT2D eigenvalue weighted by Gasteiger charge is -2.07. The quantitative estimate of drug-likeness (QED) is 0.203. The van der Waals surface area contributed by atoms with Crippen molar-refractivity contribution in [2.45, 2.75) is 98.1 Å². The van der Waals surface area contributed by atoms with E-state index in [1.807, 2.05) is 0 Å². The maximum Gasteiger partial charge on any atom is 0.176 e. The highest BCUT2D eigenvalue weighted by Crippen LogP contribution is 2.25. The van der Waals surface area contributed by atoms with Gasteiger partial charge in [0.1, 0.15) is 13.1 Å². The van der Waals surface area contributed by atoms with E-state index in [4.69, 9.17) is 0 Å². The van der Waals surface area contributed by atoms with Crippen LogP contribution in [-0.2, 0) is 13.1 Å². The fourth-order valence-corrected chi connectivity index (χ4v) is 4.46. The molecule has 0 bridgehead atoms. The van der Waals surface area contributed by atoms with Crippen LogP contribution in [0.4, 0.5) is 0 Å². The van der Waals surface area contributed by atoms with Crippen molar-refractivity contribution in [2.24, 2.45) is 0 Å². The molecule has 3 aromatic rings. The normalized spacial score (nSPS) is 11.3. The van der Waals surface area contributed by atoms with Gasteiger partial charge in [-0.1, -0.05) is 58.4 Å². The van der Waals surface area contributed by atoms with E-state index in [1.165, 1.54) is 91.7 Å². The van der Waals surface area contributed by atoms with Gasteiger partial charge >= 0.3 is 0 Å². The molecule has 1 aromatic carbocycles. The second-order valence-electron chi connectivity index (χ2n) is 9.13. The topological polar surface area (TPSA) is 7.76 Å². The zero-order valence-electron chi connectivity index (χ0n) is 20.1. The molecule has 2 nitrogen and oxygen atoms in total. The summed E-state index contributed by atoms with van der Waals surface area (Å²) >= 11 is 0. The number of nitrogens with zero attached hydrogens (tertiary/aromatic N) is 2. The number of aromatic nitrogens is 2. The first kappa shape index (κ1) is 23.4. The van der Waals surface area contributed by atoms with Crippen LogP contribution in [0, 0.1) is 6.92 Å². The van der Waals surface area contributed by atoms with E-state index in [2.05, 4.69) is 85.0 Å². The van der Waals surface area contributed by atoms with Crippen LogP contribution in [0.5, 0.6) is 0 Å². The van der Waals surface area contributed by atoms with Gasteiger partial charge in [0.05, 0.1) is 0 Å². The van der Waals surface area contributed by atoms with Crippen LogP contribution in [0.2, 0.25) is 0 Å². The SMILES string of the molecule is CCCCCCC[n+]1ccc(-c2ccc3c[n+](CCCCCCC)ccc3c2)c(C)c1. The minimum Gasteiger partial charge on any atom is -0.205 e. The molecule has 31 heavy (non-hydrogen) atoms. The Balaban J connectivity index is 1.63. The van der Waals surface area contributed by atoms with Crippen molar-refractivity contribution >= 4 is 10.8 Å². The fourth-order valence-electron chi connectivity index (χ4n) is 4.46. The molecule has 0 aliphatic carbocycles. The van der Waals surface area contributed by atoms with Crippen LogP contribution in [0.1, 0.15) is 83.6 Å². The van der Waals surface area contributed by atoms with Gasteiger partial charge in [0, 0.05) is 35.9 Å². The van der Waals surface area contributed by atoms with Crippen molar-refractivity contribution in [2.75, 3.05) is 0 Å². The summed E-state index contributed by atoms with van der Waals surface area (Å²) in [6.07, 6.45) is 22.4. The molecule has 0 aliphatic heterocycles. The minimum absolute atomic E-state index is 1.12. The van der Waals surface area contributed by atoms with E-state index in [0.717, 1.165) is 13.1 Å². The Morgan fingerprint density at radius 1 is 0.613 bits per heavy atom. The van der Waals surface area contributed by atoms with Gasteiger partial charge in [-0.25, -0.2) is 9.13 Å². The van der Waals surface area contributed by atoms with Gasteiger partial charge in [0.25, 0.3) is 0 Å². The maximum absolute atomic E-state index is 2.36. The number of fused-ring (bicyclic) bond motifs is 1. The summed E-state index contributed by atoms with van der Waals surface area (Å²) in [5.74, 6) is 0. The molecule has 0 N–H and O–H groups in total. The first-order valence-corrected chi connectivity index (χ1v) is 12.6. The number of hydrogen-bond acceptors (Lipinski definition) is 0. The average molecular weight is 419 g/mol. The second-order valence-corrected chi connectivity index (χ2v) is 9.13. The summed E-state index contributed by atoms with van der Waals surface area (Å²) in [4.78, 5) is 0. The van der Waals surface area contributed by atoms with Crippen molar-refractivity contribution in [3.8, 4) is 11.1 Å². The van der Waals surface area contributed by atoms with Crippen molar-refractivity contribution < 1.29 is 9.13 Å². The molecule has 166 valence electrons. The lowest BCUT2D eigenvalue weighted by atomic mass is 10.00. The highest BCUT2D eigenvalue weighted by atomic mass is 14.9. The molecule has 0 atom stereocenters. The third kappa shape index (κ3) is 7.16. The Morgan fingerprint density at radius 3 is 1.87 bits per heavy atom. The van der Waals surface area contributed by atoms with Gasteiger partial charge in [-0.3, -0.25) is 0 Å². The first-order chi connectivity index (χ1) is 15.2. The first-order valence-electron chi connectivity index (χ1n) is 12.6. The molecule has 0 spiro atoms. The average Bonchev–Trinajstić information content (AvgIpc) is 2.78. The Bertz CT molecular complexity index is 945. The smallest absolute Gasteiger partial charge is 0.176 e. The predicted molar refractivity (Wildman–Crippen MR) is 132 cm³/mol. The number of hydrogen-bond donors (Lipinski definition) is 0. The van der Waals surface area contributed by atoms with Gasteiger partial charge < -0.3 is 0 Å². The number of aryl methyl sites for hydroxylation is 3. The summed E-state index contributed by atoms with van der Waals surface area (Å²) in [7, 11) is 0. The standard InChI is InChI=1S/C29H42N2/c1-4-6-8-10-12-18-30-21-17-29(25(3)23-30)27-14-15-28-24-31(20-16-26(28)22-27)19-13-11-9-7-5-2/h14-17,20-24H,4-13,18-19H2,1-3H3/q+2. The van der Waals surface area contributed by atoms with E-state index < -0.39 is 0 Å². The molecule has 2 aromatic heterocycles. The van der Waals surface area contributed by atoms with Crippen LogP contribution in [0.25, 0.3) is 21.9 Å². The summed E-state index contributed by atoms with van der Waals surface area (Å²) in [5, 5.41) is 2.65. The van der Waals surface area contributed by atoms with Gasteiger partial charge in [0.15, 0.2) is 24.8 Å². The molecule has 0 unspecified atom stereocenters. The molecule has 0 aliphatic rings. The second kappa shape index (κ2) is 12.6. The Kier molecular flexibility index (Phi) is 9.52. The molecule has 0 fully saturated rings. The van der Waals surface area contributed by atoms with Crippen LogP contribution in [0.15, 0.2) is 55.1 Å². The van der Waals surface area contributed by atoms with Gasteiger partial charge in [-0.05, 0) is 48.4 Å². The Morgan fingerprint density at radius 2 is 1.23 bits per heavy atom. The van der Waals surface area contributed by atoms with Crippen LogP contribution in [0.3, 0.4) is 0 Å². The molecule has 0 saturated carbocycles. The zero-order valence-corrected chi connectivity index (χ0v) is 20.1. The highest BCUT2D eigenvalue weighted by molar-refractivity contribution is 5.86. The van der Waals surface area contributed by atoms with Crippen LogP contribution in [-0.4, -0.2) is 0 Å². The third-order valence-electron chi connectivity index (χ3n) is 6.40. The number of unbranched alkanes of at least 4 members (excludes halogenated alkanes) is 8. The Labute approximate surface area is 190 Å². The van der Waals surface area contributed by atoms with Crippen LogP contribution < -0.4 is 9.13 Å². The Hall–Kier alpha value is -2.22. The van der Waals surface area contributed by atoms with Gasteiger partial charge in [0.2, 0.25) is 0 Å². The maximum atomic E-state index is 2.36. The van der Waals surface area contributed by atoms with Crippen molar-refractivity contribution in [1.82, 2.24) is 0 Å². The fraction of sp³-hybridized carbons (Fsp3) is 0.517. The molecular weight excluding hydrogens is 376 g/mol. The zero-order chi connectivity index (χ0) is 21.9. The molecule has 0 saturated heterocycles. The molecule has 0 radical (unpaired) electrons. The summed E-state index contributed by atoms with van der Waals surface area (Å²) < 4.78 is 4.71. The van der Waals surface area contributed by atoms with E-state index in [-0.39, 0.29) is 0 Å². The van der Waals surface area contributed by atoms with Crippen LogP contribution >= 0.6 is 0 Å². The summed E-state index contributed by atoms with van der Waals surface area (Å²) in [6, 6.07) is 11.5. The molecule has 2 heterocycles. The molecule has 0 amide bonds. The van der Waals surface area contributed by atoms with Crippen molar-refractivity contribution in [1.29, 1.82) is 0 Å². The predicted octanol–water partition coefficient (Wildman–Crippen LogP) is 7.33.